The fourth-order valence-electron chi connectivity index (χ4n) is 1.43. The van der Waals surface area contributed by atoms with E-state index in [2.05, 4.69) is 0 Å². The van der Waals surface area contributed by atoms with Crippen LogP contribution in [0.3, 0.4) is 0 Å². The highest BCUT2D eigenvalue weighted by Gasteiger charge is 2.11. The molecule has 0 saturated heterocycles. The minimum atomic E-state index is -3.68. The minimum Gasteiger partial charge on any atom is -0.369 e. The summed E-state index contributed by atoms with van der Waals surface area (Å²) >= 11 is 11.4. The molecule has 0 heterocycles. The van der Waals surface area contributed by atoms with E-state index in [1.807, 2.05) is 4.90 Å². The van der Waals surface area contributed by atoms with Gasteiger partial charge in [0, 0.05) is 30.5 Å². The van der Waals surface area contributed by atoms with Crippen LogP contribution in [0.5, 0.6) is 0 Å². The second kappa shape index (κ2) is 6.44. The van der Waals surface area contributed by atoms with E-state index >= 15 is 0 Å². The lowest BCUT2D eigenvalue weighted by atomic mass is 10.3. The van der Waals surface area contributed by atoms with Gasteiger partial charge in [-0.3, -0.25) is 0 Å². The van der Waals surface area contributed by atoms with Crippen molar-refractivity contribution in [2.75, 3.05) is 29.7 Å². The first-order valence-electron chi connectivity index (χ1n) is 4.99. The largest absolute Gasteiger partial charge is 0.369 e. The number of sulfonamides is 1. The van der Waals surface area contributed by atoms with Crippen molar-refractivity contribution >= 4 is 38.9 Å². The van der Waals surface area contributed by atoms with Crippen molar-refractivity contribution in [1.29, 1.82) is 0 Å². The molecule has 1 aromatic carbocycles. The Morgan fingerprint density at radius 2 is 1.76 bits per heavy atom. The van der Waals surface area contributed by atoms with Gasteiger partial charge in [-0.15, -0.1) is 23.2 Å². The van der Waals surface area contributed by atoms with Crippen LogP contribution in [-0.2, 0) is 10.0 Å². The molecule has 17 heavy (non-hydrogen) atoms. The summed E-state index contributed by atoms with van der Waals surface area (Å²) < 4.78 is 22.5. The summed E-state index contributed by atoms with van der Waals surface area (Å²) in [6.07, 6.45) is 0. The molecule has 0 aliphatic carbocycles. The molecule has 96 valence electrons. The quantitative estimate of drug-likeness (QED) is 0.812. The van der Waals surface area contributed by atoms with Gasteiger partial charge in [0.05, 0.1) is 4.90 Å². The molecule has 0 atom stereocenters. The van der Waals surface area contributed by atoms with Crippen molar-refractivity contribution in [3.05, 3.63) is 24.3 Å². The third kappa shape index (κ3) is 4.35. The molecule has 0 spiro atoms. The van der Waals surface area contributed by atoms with Crippen molar-refractivity contribution in [3.63, 3.8) is 0 Å². The molecule has 7 heteroatoms. The highest BCUT2D eigenvalue weighted by atomic mass is 35.5. The summed E-state index contributed by atoms with van der Waals surface area (Å²) in [5.74, 6) is 0.882. The van der Waals surface area contributed by atoms with Crippen LogP contribution >= 0.6 is 23.2 Å². The van der Waals surface area contributed by atoms with Crippen LogP contribution in [-0.4, -0.2) is 33.3 Å². The van der Waals surface area contributed by atoms with Gasteiger partial charge in [0.15, 0.2) is 0 Å². The Balaban J connectivity index is 3.04. The number of alkyl halides is 2. The van der Waals surface area contributed by atoms with Crippen LogP contribution in [0.1, 0.15) is 0 Å². The first kappa shape index (κ1) is 14.6. The number of nitrogens with two attached hydrogens (primary N) is 1. The van der Waals surface area contributed by atoms with Crippen LogP contribution in [0, 0.1) is 0 Å². The van der Waals surface area contributed by atoms with E-state index in [1.54, 1.807) is 12.1 Å². The Labute approximate surface area is 111 Å². The van der Waals surface area contributed by atoms with Crippen LogP contribution in [0.25, 0.3) is 0 Å². The van der Waals surface area contributed by atoms with Crippen LogP contribution < -0.4 is 10.0 Å². The summed E-state index contributed by atoms with van der Waals surface area (Å²) in [7, 11) is -3.68. The number of primary sulfonamides is 1. The molecule has 0 aromatic heterocycles. The van der Waals surface area contributed by atoms with Crippen LogP contribution in [0.15, 0.2) is 29.2 Å². The van der Waals surface area contributed by atoms with E-state index in [0.717, 1.165) is 5.69 Å². The fraction of sp³-hybridized carbons (Fsp3) is 0.400. The van der Waals surface area contributed by atoms with E-state index in [4.69, 9.17) is 28.3 Å². The standard InChI is InChI=1S/C10H14Cl2N2O2S/c11-4-6-14(7-5-12)9-2-1-3-10(8-9)17(13,15)16/h1-3,8H,4-7H2,(H2,13,15,16). The Kier molecular flexibility index (Phi) is 5.52. The second-order valence-corrected chi connectivity index (χ2v) is 5.72. The van der Waals surface area contributed by atoms with Crippen molar-refractivity contribution in [3.8, 4) is 0 Å². The van der Waals surface area contributed by atoms with Gasteiger partial charge in [0.25, 0.3) is 0 Å². The number of nitrogens with zero attached hydrogens (tertiary/aromatic N) is 1. The topological polar surface area (TPSA) is 63.4 Å². The molecule has 0 aliphatic heterocycles. The highest BCUT2D eigenvalue weighted by molar-refractivity contribution is 7.89. The number of halogens is 2. The summed E-state index contributed by atoms with van der Waals surface area (Å²) in [4.78, 5) is 2.00. The predicted molar refractivity (Wildman–Crippen MR) is 71.5 cm³/mol. The second-order valence-electron chi connectivity index (χ2n) is 3.41. The van der Waals surface area contributed by atoms with E-state index < -0.39 is 10.0 Å². The van der Waals surface area contributed by atoms with Crippen molar-refractivity contribution < 1.29 is 8.42 Å². The number of anilines is 1. The smallest absolute Gasteiger partial charge is 0.238 e. The minimum absolute atomic E-state index is 0.0872. The van der Waals surface area contributed by atoms with Gasteiger partial charge >= 0.3 is 0 Å². The van der Waals surface area contributed by atoms with Crippen molar-refractivity contribution in [1.82, 2.24) is 0 Å². The summed E-state index contributed by atoms with van der Waals surface area (Å²) in [6.45, 7) is 1.20. The lowest BCUT2D eigenvalue weighted by Crippen LogP contribution is -2.27. The maximum absolute atomic E-state index is 11.2. The zero-order valence-corrected chi connectivity index (χ0v) is 11.5. The van der Waals surface area contributed by atoms with Gasteiger partial charge in [0.2, 0.25) is 10.0 Å². The summed E-state index contributed by atoms with van der Waals surface area (Å²) in [6, 6.07) is 6.42. The number of hydrogen-bond acceptors (Lipinski definition) is 3. The molecule has 2 N–H and O–H groups in total. The first-order valence-corrected chi connectivity index (χ1v) is 7.60. The molecule has 0 bridgehead atoms. The maximum atomic E-state index is 11.2. The SMILES string of the molecule is NS(=O)(=O)c1cccc(N(CCCl)CCCl)c1. The summed E-state index contributed by atoms with van der Waals surface area (Å²) in [5.41, 5.74) is 0.748. The highest BCUT2D eigenvalue weighted by Crippen LogP contribution is 2.18. The lowest BCUT2D eigenvalue weighted by molar-refractivity contribution is 0.597. The molecule has 0 fully saturated rings. The van der Waals surface area contributed by atoms with E-state index in [-0.39, 0.29) is 4.90 Å². The average molecular weight is 297 g/mol. The van der Waals surface area contributed by atoms with Gasteiger partial charge in [-0.25, -0.2) is 13.6 Å². The normalized spacial score (nSPS) is 11.5. The fourth-order valence-corrected chi connectivity index (χ4v) is 2.39. The Hall–Kier alpha value is -0.490. The maximum Gasteiger partial charge on any atom is 0.238 e. The molecule has 0 unspecified atom stereocenters. The molecule has 0 amide bonds. The van der Waals surface area contributed by atoms with Crippen LogP contribution in [0.2, 0.25) is 0 Å². The zero-order valence-electron chi connectivity index (χ0n) is 9.14. The van der Waals surface area contributed by atoms with E-state index in [0.29, 0.717) is 24.8 Å². The van der Waals surface area contributed by atoms with Gasteiger partial charge < -0.3 is 4.90 Å². The number of hydrogen-bond donors (Lipinski definition) is 1. The van der Waals surface area contributed by atoms with Crippen molar-refractivity contribution in [2.45, 2.75) is 4.90 Å². The molecule has 1 aromatic rings. The first-order chi connectivity index (χ1) is 7.99. The lowest BCUT2D eigenvalue weighted by Gasteiger charge is -2.23. The predicted octanol–water partition coefficient (Wildman–Crippen LogP) is 1.62. The van der Waals surface area contributed by atoms with Gasteiger partial charge in [-0.2, -0.15) is 0 Å². The molecule has 1 rings (SSSR count). The Morgan fingerprint density at radius 3 is 2.24 bits per heavy atom. The third-order valence-electron chi connectivity index (χ3n) is 2.22. The molecule has 0 radical (unpaired) electrons. The van der Waals surface area contributed by atoms with E-state index in [9.17, 15) is 8.42 Å². The average Bonchev–Trinajstić information content (AvgIpc) is 2.28. The Morgan fingerprint density at radius 1 is 1.18 bits per heavy atom. The molecule has 0 saturated carbocycles. The number of rotatable bonds is 6. The summed E-state index contributed by atoms with van der Waals surface area (Å²) in [5, 5.41) is 5.08. The third-order valence-corrected chi connectivity index (χ3v) is 3.47. The van der Waals surface area contributed by atoms with Gasteiger partial charge in [-0.05, 0) is 18.2 Å². The number of benzene rings is 1. The molecular formula is C10H14Cl2N2O2S. The molecule has 4 nitrogen and oxygen atoms in total. The van der Waals surface area contributed by atoms with Crippen LogP contribution in [0.4, 0.5) is 5.69 Å². The van der Waals surface area contributed by atoms with Gasteiger partial charge in [0.1, 0.15) is 0 Å². The Bertz CT molecular complexity index is 459. The van der Waals surface area contributed by atoms with Gasteiger partial charge in [-0.1, -0.05) is 6.07 Å². The zero-order chi connectivity index (χ0) is 12.9. The van der Waals surface area contributed by atoms with Crippen molar-refractivity contribution in [2.24, 2.45) is 5.14 Å². The van der Waals surface area contributed by atoms with E-state index in [1.165, 1.54) is 12.1 Å². The molecule has 0 aliphatic rings. The monoisotopic (exact) mass is 296 g/mol. The molecular weight excluding hydrogens is 283 g/mol.